The molecule has 3 heterocycles. The van der Waals surface area contributed by atoms with Crippen LogP contribution in [0, 0.1) is 0 Å². The smallest absolute Gasteiger partial charge is 0.254 e. The van der Waals surface area contributed by atoms with Crippen molar-refractivity contribution >= 4 is 22.4 Å². The molecule has 2 aromatic rings. The summed E-state index contributed by atoms with van der Waals surface area (Å²) in [4.78, 5) is 19.0. The number of amides is 1. The first-order chi connectivity index (χ1) is 11.3. The Hall–Kier alpha value is -1.73. The van der Waals surface area contributed by atoms with Crippen LogP contribution in [0.15, 0.2) is 18.5 Å². The average molecular weight is 331 g/mol. The molecule has 0 bridgehead atoms. The van der Waals surface area contributed by atoms with Gasteiger partial charge in [0.25, 0.3) is 5.91 Å². The first-order valence-electron chi connectivity index (χ1n) is 8.29. The summed E-state index contributed by atoms with van der Waals surface area (Å²) < 4.78 is 1.82. The summed E-state index contributed by atoms with van der Waals surface area (Å²) in [6.07, 6.45) is 9.67. The maximum atomic E-state index is 13.1. The molecule has 23 heavy (non-hydrogen) atoms. The van der Waals surface area contributed by atoms with Crippen molar-refractivity contribution in [3.8, 4) is 0 Å². The minimum Gasteiger partial charge on any atom is -0.317 e. The lowest BCUT2D eigenvalue weighted by Crippen LogP contribution is -2.52. The zero-order valence-corrected chi connectivity index (χ0v) is 13.9. The summed E-state index contributed by atoms with van der Waals surface area (Å²) in [6, 6.07) is 1.87. The number of aryl methyl sites for hydroxylation is 2. The number of hydrogen-bond acceptors (Lipinski definition) is 5. The van der Waals surface area contributed by atoms with Gasteiger partial charge in [-0.25, -0.2) is 4.98 Å². The fraction of sp³-hybridized carbons (Fsp3) is 0.562. The third-order valence-corrected chi connectivity index (χ3v) is 5.94. The van der Waals surface area contributed by atoms with E-state index in [-0.39, 0.29) is 5.91 Å². The van der Waals surface area contributed by atoms with Gasteiger partial charge in [-0.15, -0.1) is 11.3 Å². The van der Waals surface area contributed by atoms with E-state index in [1.54, 1.807) is 17.5 Å². The number of fused-ring (bicyclic) bond motifs is 1. The maximum absolute atomic E-state index is 13.1. The average Bonchev–Trinajstić information content (AvgIpc) is 3.24. The molecule has 0 spiro atoms. The molecule has 122 valence electrons. The Labute approximate surface area is 139 Å². The Morgan fingerprint density at radius 3 is 2.87 bits per heavy atom. The van der Waals surface area contributed by atoms with Gasteiger partial charge >= 0.3 is 0 Å². The highest BCUT2D eigenvalue weighted by Gasteiger charge is 2.42. The molecule has 0 atom stereocenters. The Kier molecular flexibility index (Phi) is 3.90. The molecule has 1 aliphatic carbocycles. The van der Waals surface area contributed by atoms with Crippen LogP contribution < -0.4 is 10.6 Å². The van der Waals surface area contributed by atoms with Gasteiger partial charge in [0.1, 0.15) is 5.54 Å². The van der Waals surface area contributed by atoms with Crippen LogP contribution in [-0.2, 0) is 23.2 Å². The van der Waals surface area contributed by atoms with E-state index >= 15 is 0 Å². The number of nitrogens with one attached hydrogen (secondary N) is 2. The van der Waals surface area contributed by atoms with Crippen molar-refractivity contribution < 1.29 is 4.79 Å². The Balaban J connectivity index is 1.59. The molecule has 4 rings (SSSR count). The van der Waals surface area contributed by atoms with Crippen molar-refractivity contribution in [1.29, 1.82) is 0 Å². The molecule has 6 nitrogen and oxygen atoms in total. The van der Waals surface area contributed by atoms with Crippen LogP contribution in [0.25, 0.3) is 0 Å². The summed E-state index contributed by atoms with van der Waals surface area (Å²) in [5.74, 6) is 0.00815. The van der Waals surface area contributed by atoms with Crippen molar-refractivity contribution in [2.24, 2.45) is 0 Å². The standard InChI is InChI=1S/C16H21N5OS/c22-14(20-15-19-12-4-1-2-5-13(12)23-15)16(6-9-17-10-7-16)21-11-3-8-18-21/h3,8,11,17H,1-2,4-7,9-10H2,(H,19,20,22). The molecule has 2 aliphatic rings. The van der Waals surface area contributed by atoms with Crippen LogP contribution in [0.3, 0.4) is 0 Å². The van der Waals surface area contributed by atoms with Gasteiger partial charge in [0, 0.05) is 17.3 Å². The molecule has 2 N–H and O–H groups in total. The number of anilines is 1. The van der Waals surface area contributed by atoms with Crippen molar-refractivity contribution in [3.63, 3.8) is 0 Å². The summed E-state index contributed by atoms with van der Waals surface area (Å²) in [5.41, 5.74) is 0.566. The van der Waals surface area contributed by atoms with E-state index < -0.39 is 5.54 Å². The highest BCUT2D eigenvalue weighted by Crippen LogP contribution is 2.32. The third kappa shape index (κ3) is 2.68. The fourth-order valence-electron chi connectivity index (χ4n) is 3.54. The number of carbonyl (C=O) groups is 1. The van der Waals surface area contributed by atoms with Gasteiger partial charge in [0.15, 0.2) is 5.13 Å². The van der Waals surface area contributed by atoms with Gasteiger partial charge in [-0.3, -0.25) is 14.8 Å². The van der Waals surface area contributed by atoms with E-state index in [0.717, 1.165) is 43.9 Å². The predicted molar refractivity (Wildman–Crippen MR) is 89.7 cm³/mol. The molecule has 0 saturated carbocycles. The highest BCUT2D eigenvalue weighted by atomic mass is 32.1. The summed E-state index contributed by atoms with van der Waals surface area (Å²) >= 11 is 1.64. The highest BCUT2D eigenvalue weighted by molar-refractivity contribution is 7.15. The summed E-state index contributed by atoms with van der Waals surface area (Å²) in [7, 11) is 0. The molecule has 1 aliphatic heterocycles. The number of piperidine rings is 1. The van der Waals surface area contributed by atoms with Gasteiger partial charge in [-0.2, -0.15) is 5.10 Å². The van der Waals surface area contributed by atoms with E-state index in [9.17, 15) is 4.79 Å². The lowest BCUT2D eigenvalue weighted by Gasteiger charge is -2.36. The van der Waals surface area contributed by atoms with Crippen molar-refractivity contribution in [1.82, 2.24) is 20.1 Å². The van der Waals surface area contributed by atoms with E-state index in [4.69, 9.17) is 0 Å². The van der Waals surface area contributed by atoms with Crippen LogP contribution in [-0.4, -0.2) is 33.8 Å². The normalized spacial score (nSPS) is 20.0. The van der Waals surface area contributed by atoms with Crippen LogP contribution >= 0.6 is 11.3 Å². The maximum Gasteiger partial charge on any atom is 0.254 e. The molecular weight excluding hydrogens is 310 g/mol. The fourth-order valence-corrected chi connectivity index (χ4v) is 4.59. The van der Waals surface area contributed by atoms with E-state index in [1.165, 1.54) is 23.4 Å². The molecule has 7 heteroatoms. The second kappa shape index (κ2) is 6.05. The van der Waals surface area contributed by atoms with Gasteiger partial charge < -0.3 is 5.32 Å². The number of hydrogen-bond donors (Lipinski definition) is 2. The second-order valence-electron chi connectivity index (χ2n) is 6.28. The molecule has 0 aromatic carbocycles. The lowest BCUT2D eigenvalue weighted by atomic mass is 9.87. The van der Waals surface area contributed by atoms with E-state index in [1.807, 2.05) is 16.9 Å². The number of aromatic nitrogens is 3. The van der Waals surface area contributed by atoms with E-state index in [2.05, 4.69) is 20.7 Å². The van der Waals surface area contributed by atoms with Gasteiger partial charge in [0.05, 0.1) is 5.69 Å². The zero-order chi connectivity index (χ0) is 15.7. The molecule has 0 unspecified atom stereocenters. The SMILES string of the molecule is O=C(Nc1nc2c(s1)CCCC2)C1(n2cccn2)CCNCC1. The third-order valence-electron chi connectivity index (χ3n) is 4.86. The molecule has 1 saturated heterocycles. The number of carbonyl (C=O) groups excluding carboxylic acids is 1. The van der Waals surface area contributed by atoms with Crippen LogP contribution in [0.4, 0.5) is 5.13 Å². The van der Waals surface area contributed by atoms with Crippen LogP contribution in [0.5, 0.6) is 0 Å². The molecule has 0 radical (unpaired) electrons. The van der Waals surface area contributed by atoms with Gasteiger partial charge in [-0.1, -0.05) is 0 Å². The number of thiazole rings is 1. The van der Waals surface area contributed by atoms with Crippen molar-refractivity contribution in [3.05, 3.63) is 29.0 Å². The van der Waals surface area contributed by atoms with Gasteiger partial charge in [-0.05, 0) is 57.7 Å². The van der Waals surface area contributed by atoms with Gasteiger partial charge in [0.2, 0.25) is 0 Å². The predicted octanol–water partition coefficient (Wildman–Crippen LogP) is 1.94. The minimum atomic E-state index is -0.610. The van der Waals surface area contributed by atoms with E-state index in [0.29, 0.717) is 0 Å². The minimum absolute atomic E-state index is 0.00815. The molecular formula is C16H21N5OS. The monoisotopic (exact) mass is 331 g/mol. The van der Waals surface area contributed by atoms with Crippen molar-refractivity contribution in [2.75, 3.05) is 18.4 Å². The second-order valence-corrected chi connectivity index (χ2v) is 7.37. The Morgan fingerprint density at radius 2 is 2.13 bits per heavy atom. The zero-order valence-electron chi connectivity index (χ0n) is 13.0. The van der Waals surface area contributed by atoms with Crippen molar-refractivity contribution in [2.45, 2.75) is 44.1 Å². The Morgan fingerprint density at radius 1 is 1.30 bits per heavy atom. The Bertz CT molecular complexity index is 664. The number of rotatable bonds is 3. The summed E-state index contributed by atoms with van der Waals surface area (Å²) in [6.45, 7) is 1.64. The summed E-state index contributed by atoms with van der Waals surface area (Å²) in [5, 5.41) is 11.5. The first-order valence-corrected chi connectivity index (χ1v) is 9.10. The van der Waals surface area contributed by atoms with Crippen LogP contribution in [0.2, 0.25) is 0 Å². The topological polar surface area (TPSA) is 71.8 Å². The molecule has 2 aromatic heterocycles. The lowest BCUT2D eigenvalue weighted by molar-refractivity contribution is -0.126. The quantitative estimate of drug-likeness (QED) is 0.901. The molecule has 1 amide bonds. The van der Waals surface area contributed by atoms with Crippen LogP contribution in [0.1, 0.15) is 36.3 Å². The number of nitrogens with zero attached hydrogens (tertiary/aromatic N) is 3. The first kappa shape index (κ1) is 14.8. The molecule has 1 fully saturated rings. The largest absolute Gasteiger partial charge is 0.317 e.